The van der Waals surface area contributed by atoms with Crippen LogP contribution in [0.5, 0.6) is 0 Å². The number of carbonyl (C=O) groups is 1. The summed E-state index contributed by atoms with van der Waals surface area (Å²) in [5.41, 5.74) is -0.865. The highest BCUT2D eigenvalue weighted by Gasteiger charge is 2.42. The van der Waals surface area contributed by atoms with E-state index in [1.807, 2.05) is 13.8 Å². The SMILES string of the molecule is C#CCNC(COC)(C(=O)OC)C(C)C. The molecule has 0 radical (unpaired) electrons. The van der Waals surface area contributed by atoms with Crippen LogP contribution in [-0.2, 0) is 14.3 Å². The lowest BCUT2D eigenvalue weighted by atomic mass is 9.87. The molecule has 0 aliphatic rings. The lowest BCUT2D eigenvalue weighted by Crippen LogP contribution is -2.59. The Kier molecular flexibility index (Phi) is 5.99. The molecule has 0 saturated heterocycles. The predicted octanol–water partition coefficient (Wildman–Crippen LogP) is 0.423. The first kappa shape index (κ1) is 13.9. The van der Waals surface area contributed by atoms with Crippen molar-refractivity contribution >= 4 is 5.97 Å². The van der Waals surface area contributed by atoms with E-state index in [2.05, 4.69) is 11.2 Å². The third-order valence-electron chi connectivity index (χ3n) is 2.41. The van der Waals surface area contributed by atoms with Crippen LogP contribution in [0.4, 0.5) is 0 Å². The number of terminal acetylenes is 1. The van der Waals surface area contributed by atoms with E-state index in [0.29, 0.717) is 6.54 Å². The maximum Gasteiger partial charge on any atom is 0.328 e. The first-order chi connectivity index (χ1) is 7.05. The molecule has 0 aromatic heterocycles. The van der Waals surface area contributed by atoms with E-state index in [0.717, 1.165) is 0 Å². The number of nitrogens with one attached hydrogen (secondary N) is 1. The molecule has 1 N–H and O–H groups in total. The van der Waals surface area contributed by atoms with Crippen LogP contribution in [0, 0.1) is 18.3 Å². The van der Waals surface area contributed by atoms with Gasteiger partial charge in [-0.05, 0) is 5.92 Å². The van der Waals surface area contributed by atoms with Gasteiger partial charge in [-0.25, -0.2) is 4.79 Å². The number of hydrogen-bond donors (Lipinski definition) is 1. The number of esters is 1. The zero-order chi connectivity index (χ0) is 11.9. The van der Waals surface area contributed by atoms with Crippen LogP contribution in [0.25, 0.3) is 0 Å². The largest absolute Gasteiger partial charge is 0.468 e. The fourth-order valence-corrected chi connectivity index (χ4v) is 1.41. The van der Waals surface area contributed by atoms with Crippen molar-refractivity contribution in [3.05, 3.63) is 0 Å². The molecule has 0 heterocycles. The minimum Gasteiger partial charge on any atom is -0.468 e. The summed E-state index contributed by atoms with van der Waals surface area (Å²) in [5, 5.41) is 3.00. The third kappa shape index (κ3) is 3.22. The van der Waals surface area contributed by atoms with E-state index in [9.17, 15) is 4.79 Å². The zero-order valence-corrected chi connectivity index (χ0v) is 9.79. The second kappa shape index (κ2) is 6.44. The van der Waals surface area contributed by atoms with Crippen LogP contribution in [0.15, 0.2) is 0 Å². The molecule has 0 bridgehead atoms. The molecule has 0 aliphatic carbocycles. The summed E-state index contributed by atoms with van der Waals surface area (Å²) in [4.78, 5) is 11.7. The molecular formula is C11H19NO3. The highest BCUT2D eigenvalue weighted by Crippen LogP contribution is 2.19. The Bertz CT molecular complexity index is 245. The fourth-order valence-electron chi connectivity index (χ4n) is 1.41. The van der Waals surface area contributed by atoms with E-state index in [4.69, 9.17) is 15.9 Å². The summed E-state index contributed by atoms with van der Waals surface area (Å²) in [6.45, 7) is 4.37. The first-order valence-electron chi connectivity index (χ1n) is 4.81. The normalized spacial score (nSPS) is 14.4. The molecule has 0 aliphatic heterocycles. The molecule has 0 fully saturated rings. The monoisotopic (exact) mass is 213 g/mol. The Morgan fingerprint density at radius 2 is 2.13 bits per heavy atom. The number of hydrogen-bond acceptors (Lipinski definition) is 4. The molecule has 0 aromatic carbocycles. The van der Waals surface area contributed by atoms with E-state index >= 15 is 0 Å². The minimum absolute atomic E-state index is 0.0262. The molecule has 0 aromatic rings. The van der Waals surface area contributed by atoms with Crippen molar-refractivity contribution in [2.24, 2.45) is 5.92 Å². The van der Waals surface area contributed by atoms with Gasteiger partial charge in [-0.15, -0.1) is 6.42 Å². The third-order valence-corrected chi connectivity index (χ3v) is 2.41. The van der Waals surface area contributed by atoms with Crippen molar-refractivity contribution in [1.82, 2.24) is 5.32 Å². The Hall–Kier alpha value is -1.05. The Morgan fingerprint density at radius 3 is 2.47 bits per heavy atom. The topological polar surface area (TPSA) is 47.6 Å². The lowest BCUT2D eigenvalue weighted by molar-refractivity contribution is -0.153. The maximum absolute atomic E-state index is 11.7. The fraction of sp³-hybridized carbons (Fsp3) is 0.727. The van der Waals surface area contributed by atoms with Crippen LogP contribution in [0.2, 0.25) is 0 Å². The molecule has 0 saturated carbocycles. The van der Waals surface area contributed by atoms with Crippen molar-refractivity contribution < 1.29 is 14.3 Å². The molecule has 0 spiro atoms. The second-order valence-corrected chi connectivity index (χ2v) is 3.61. The Balaban J connectivity index is 4.90. The summed E-state index contributed by atoms with van der Waals surface area (Å²) >= 11 is 0. The summed E-state index contributed by atoms with van der Waals surface area (Å²) in [6, 6.07) is 0. The predicted molar refractivity (Wildman–Crippen MR) is 58.3 cm³/mol. The van der Waals surface area contributed by atoms with E-state index < -0.39 is 5.54 Å². The van der Waals surface area contributed by atoms with E-state index in [1.54, 1.807) is 0 Å². The van der Waals surface area contributed by atoms with Gasteiger partial charge >= 0.3 is 5.97 Å². The average Bonchev–Trinajstić information content (AvgIpc) is 2.22. The molecule has 0 rings (SSSR count). The van der Waals surface area contributed by atoms with Crippen molar-refractivity contribution in [3.8, 4) is 12.3 Å². The van der Waals surface area contributed by atoms with Crippen LogP contribution in [0.3, 0.4) is 0 Å². The Labute approximate surface area is 91.3 Å². The molecular weight excluding hydrogens is 194 g/mol. The number of ether oxygens (including phenoxy) is 2. The number of methoxy groups -OCH3 is 2. The minimum atomic E-state index is -0.865. The van der Waals surface area contributed by atoms with Crippen molar-refractivity contribution in [3.63, 3.8) is 0 Å². The molecule has 0 amide bonds. The van der Waals surface area contributed by atoms with Gasteiger partial charge in [-0.3, -0.25) is 5.32 Å². The number of carbonyl (C=O) groups excluding carboxylic acids is 1. The highest BCUT2D eigenvalue weighted by molar-refractivity contribution is 5.81. The second-order valence-electron chi connectivity index (χ2n) is 3.61. The summed E-state index contributed by atoms with van der Waals surface area (Å²) in [6.07, 6.45) is 5.17. The van der Waals surface area contributed by atoms with Gasteiger partial charge in [-0.2, -0.15) is 0 Å². The number of rotatable bonds is 6. The smallest absolute Gasteiger partial charge is 0.328 e. The molecule has 1 unspecified atom stereocenters. The molecule has 4 heteroatoms. The molecule has 86 valence electrons. The van der Waals surface area contributed by atoms with Crippen molar-refractivity contribution in [2.75, 3.05) is 27.4 Å². The Morgan fingerprint density at radius 1 is 1.53 bits per heavy atom. The van der Waals surface area contributed by atoms with Gasteiger partial charge in [0, 0.05) is 7.11 Å². The van der Waals surface area contributed by atoms with E-state index in [-0.39, 0.29) is 18.5 Å². The van der Waals surface area contributed by atoms with E-state index in [1.165, 1.54) is 14.2 Å². The van der Waals surface area contributed by atoms with Gasteiger partial charge in [0.05, 0.1) is 20.3 Å². The molecule has 15 heavy (non-hydrogen) atoms. The average molecular weight is 213 g/mol. The van der Waals surface area contributed by atoms with Gasteiger partial charge < -0.3 is 9.47 Å². The van der Waals surface area contributed by atoms with Crippen LogP contribution >= 0.6 is 0 Å². The van der Waals surface area contributed by atoms with Gasteiger partial charge in [0.2, 0.25) is 0 Å². The quantitative estimate of drug-likeness (QED) is 0.513. The van der Waals surface area contributed by atoms with Gasteiger partial charge in [0.15, 0.2) is 0 Å². The van der Waals surface area contributed by atoms with Gasteiger partial charge in [-0.1, -0.05) is 19.8 Å². The van der Waals surface area contributed by atoms with Gasteiger partial charge in [0.1, 0.15) is 5.54 Å². The maximum atomic E-state index is 11.7. The first-order valence-corrected chi connectivity index (χ1v) is 4.81. The zero-order valence-electron chi connectivity index (χ0n) is 9.79. The lowest BCUT2D eigenvalue weighted by Gasteiger charge is -2.34. The van der Waals surface area contributed by atoms with Crippen LogP contribution in [0.1, 0.15) is 13.8 Å². The van der Waals surface area contributed by atoms with Crippen LogP contribution < -0.4 is 5.32 Å². The summed E-state index contributed by atoms with van der Waals surface area (Å²) in [7, 11) is 2.89. The van der Waals surface area contributed by atoms with Crippen molar-refractivity contribution in [1.29, 1.82) is 0 Å². The molecule has 1 atom stereocenters. The van der Waals surface area contributed by atoms with Crippen LogP contribution in [-0.4, -0.2) is 38.9 Å². The van der Waals surface area contributed by atoms with Crippen molar-refractivity contribution in [2.45, 2.75) is 19.4 Å². The molecule has 4 nitrogen and oxygen atoms in total. The van der Waals surface area contributed by atoms with Gasteiger partial charge in [0.25, 0.3) is 0 Å². The highest BCUT2D eigenvalue weighted by atomic mass is 16.5. The summed E-state index contributed by atoms with van der Waals surface area (Å²) in [5.74, 6) is 2.11. The summed E-state index contributed by atoms with van der Waals surface area (Å²) < 4.78 is 9.83. The standard InChI is InChI=1S/C11H19NO3/c1-6-7-12-11(8-14-4,9(2)3)10(13)15-5/h1,9,12H,7-8H2,2-5H3.